The topological polar surface area (TPSA) is 105 Å². The number of hydrogen-bond donors (Lipinski definition) is 2. The van der Waals surface area contributed by atoms with Crippen LogP contribution in [0.4, 0.5) is 5.69 Å². The van der Waals surface area contributed by atoms with Crippen molar-refractivity contribution < 1.29 is 27.8 Å². The average molecular weight is 631 g/mol. The zero-order chi connectivity index (χ0) is 31.6. The summed E-state index contributed by atoms with van der Waals surface area (Å²) in [7, 11) is -3.92. The Kier molecular flexibility index (Phi) is 8.98. The molecule has 45 heavy (non-hydrogen) atoms. The summed E-state index contributed by atoms with van der Waals surface area (Å²) < 4.78 is 43.5. The molecule has 1 heterocycles. The van der Waals surface area contributed by atoms with E-state index in [1.54, 1.807) is 12.1 Å². The van der Waals surface area contributed by atoms with Gasteiger partial charge in [0.1, 0.15) is 28.4 Å². The van der Waals surface area contributed by atoms with Crippen molar-refractivity contribution in [2.45, 2.75) is 95.3 Å². The molecule has 6 rings (SSSR count). The molecule has 2 N–H and O–H groups in total. The molecule has 0 radical (unpaired) electrons. The van der Waals surface area contributed by atoms with Gasteiger partial charge in [-0.3, -0.25) is 4.79 Å². The maximum absolute atomic E-state index is 14.1. The van der Waals surface area contributed by atoms with E-state index >= 15 is 0 Å². The van der Waals surface area contributed by atoms with Crippen LogP contribution in [-0.4, -0.2) is 38.2 Å². The minimum absolute atomic E-state index is 0.0273. The van der Waals surface area contributed by atoms with Gasteiger partial charge in [-0.05, 0) is 88.1 Å². The van der Waals surface area contributed by atoms with Crippen LogP contribution in [-0.2, 0) is 21.4 Å². The molecule has 0 aromatic heterocycles. The molecule has 2 aromatic carbocycles. The van der Waals surface area contributed by atoms with Crippen molar-refractivity contribution >= 4 is 21.7 Å². The van der Waals surface area contributed by atoms with Gasteiger partial charge in [0.2, 0.25) is 10.0 Å². The van der Waals surface area contributed by atoms with Crippen LogP contribution in [0.2, 0.25) is 0 Å². The van der Waals surface area contributed by atoms with Crippen molar-refractivity contribution in [2.24, 2.45) is 11.3 Å². The number of hydrogen-bond acceptors (Lipinski definition) is 6. The lowest BCUT2D eigenvalue weighted by atomic mass is 9.84. The van der Waals surface area contributed by atoms with E-state index in [-0.39, 0.29) is 29.6 Å². The molecular weight excluding hydrogens is 588 g/mol. The fourth-order valence-electron chi connectivity index (χ4n) is 6.50. The van der Waals surface area contributed by atoms with Crippen LogP contribution in [0, 0.1) is 23.2 Å². The molecule has 2 fully saturated rings. The summed E-state index contributed by atoms with van der Waals surface area (Å²) in [5.74, 6) is 6.42. The molecule has 0 spiro atoms. The number of rotatable bonds is 8. The largest absolute Gasteiger partial charge is 0.491 e. The number of benzene rings is 2. The van der Waals surface area contributed by atoms with Crippen LogP contribution in [0.3, 0.4) is 0 Å². The van der Waals surface area contributed by atoms with E-state index in [1.807, 2.05) is 44.2 Å². The summed E-state index contributed by atoms with van der Waals surface area (Å²) in [5.41, 5.74) is 1.76. The molecule has 8 nitrogen and oxygen atoms in total. The quantitative estimate of drug-likeness (QED) is 0.319. The van der Waals surface area contributed by atoms with Crippen LogP contribution < -0.4 is 19.1 Å². The number of nitrogens with zero attached hydrogens (tertiary/aromatic N) is 1. The van der Waals surface area contributed by atoms with Crippen molar-refractivity contribution in [3.8, 4) is 23.3 Å². The molecule has 4 aliphatic rings. The SMILES string of the molecule is CC(C)Oc1cccc(COc2cc3c(cc2C#CC2(C(=O)O)CC2)S(=O)(=O)N[C@H](C2CCCCC2)CN3C2=CC=CCC2)c1. The molecule has 0 bridgehead atoms. The first-order valence-corrected chi connectivity index (χ1v) is 17.6. The molecule has 0 unspecified atom stereocenters. The van der Waals surface area contributed by atoms with E-state index in [2.05, 4.69) is 33.6 Å². The maximum Gasteiger partial charge on any atom is 0.321 e. The lowest BCUT2D eigenvalue weighted by molar-refractivity contribution is -0.141. The Labute approximate surface area is 266 Å². The van der Waals surface area contributed by atoms with Gasteiger partial charge in [0.25, 0.3) is 0 Å². The van der Waals surface area contributed by atoms with Gasteiger partial charge in [-0.1, -0.05) is 55.4 Å². The molecule has 238 valence electrons. The molecule has 2 saturated carbocycles. The fraction of sp³-hybridized carbons (Fsp3) is 0.472. The van der Waals surface area contributed by atoms with E-state index in [1.165, 1.54) is 6.42 Å². The Morgan fingerprint density at radius 1 is 1.16 bits per heavy atom. The second-order valence-corrected chi connectivity index (χ2v) is 14.6. The number of carbonyl (C=O) groups is 1. The van der Waals surface area contributed by atoms with Gasteiger partial charge in [-0.25, -0.2) is 13.1 Å². The van der Waals surface area contributed by atoms with Crippen molar-refractivity contribution in [1.82, 2.24) is 4.72 Å². The first kappa shape index (κ1) is 31.3. The molecule has 1 aliphatic heterocycles. The third-order valence-electron chi connectivity index (χ3n) is 9.15. The van der Waals surface area contributed by atoms with Crippen molar-refractivity contribution in [3.63, 3.8) is 0 Å². The summed E-state index contributed by atoms with van der Waals surface area (Å²) in [6, 6.07) is 10.8. The first-order valence-electron chi connectivity index (χ1n) is 16.1. The van der Waals surface area contributed by atoms with Gasteiger partial charge in [0.15, 0.2) is 0 Å². The standard InChI is InChI=1S/C36H42N2O6S/c1-25(2)44-30-15-9-10-26(20-30)24-43-33-22-32-34(21-28(33)16-17-36(18-19-36)35(39)40)45(41,42)37-31(27-11-5-3-6-12-27)23-38(32)29-13-7-4-8-14-29/h4,7,9-10,13,15,20-22,25,27,31,37H,3,5-6,8,11-12,14,18-19,23-24H2,1-2H3,(H,39,40)/t31-/m0/s1. The Morgan fingerprint density at radius 2 is 1.96 bits per heavy atom. The normalized spacial score (nSPS) is 22.0. The Balaban J connectivity index is 1.44. The van der Waals surface area contributed by atoms with Crippen LogP contribution in [0.5, 0.6) is 11.5 Å². The van der Waals surface area contributed by atoms with Gasteiger partial charge < -0.3 is 19.5 Å². The van der Waals surface area contributed by atoms with E-state index < -0.39 is 21.4 Å². The van der Waals surface area contributed by atoms with Gasteiger partial charge in [-0.2, -0.15) is 0 Å². The summed E-state index contributed by atoms with van der Waals surface area (Å²) in [6.07, 6.45) is 14.3. The number of anilines is 1. The van der Waals surface area contributed by atoms with Crippen LogP contribution in [0.15, 0.2) is 65.2 Å². The summed E-state index contributed by atoms with van der Waals surface area (Å²) >= 11 is 0. The van der Waals surface area contributed by atoms with Crippen LogP contribution in [0.1, 0.15) is 82.8 Å². The van der Waals surface area contributed by atoms with Crippen LogP contribution >= 0.6 is 0 Å². The fourth-order valence-corrected chi connectivity index (χ4v) is 8.01. The van der Waals surface area contributed by atoms with E-state index in [4.69, 9.17) is 9.47 Å². The molecule has 2 aromatic rings. The molecule has 0 saturated heterocycles. The highest BCUT2D eigenvalue weighted by Gasteiger charge is 2.49. The Morgan fingerprint density at radius 3 is 2.64 bits per heavy atom. The summed E-state index contributed by atoms with van der Waals surface area (Å²) in [4.78, 5) is 14.2. The van der Waals surface area contributed by atoms with Gasteiger partial charge in [0, 0.05) is 24.4 Å². The number of allylic oxidation sites excluding steroid dienone is 4. The maximum atomic E-state index is 14.1. The molecule has 1 atom stereocenters. The lowest BCUT2D eigenvalue weighted by Crippen LogP contribution is -2.46. The molecule has 0 amide bonds. The second kappa shape index (κ2) is 12.9. The monoisotopic (exact) mass is 630 g/mol. The summed E-state index contributed by atoms with van der Waals surface area (Å²) in [6.45, 7) is 4.67. The summed E-state index contributed by atoms with van der Waals surface area (Å²) in [5, 5.41) is 9.77. The number of nitrogens with one attached hydrogen (secondary N) is 1. The van der Waals surface area contributed by atoms with Crippen molar-refractivity contribution in [3.05, 3.63) is 71.5 Å². The smallest absolute Gasteiger partial charge is 0.321 e. The highest BCUT2D eigenvalue weighted by atomic mass is 32.2. The number of sulfonamides is 1. The van der Waals surface area contributed by atoms with Crippen molar-refractivity contribution in [1.29, 1.82) is 0 Å². The number of carboxylic acids is 1. The molecule has 9 heteroatoms. The van der Waals surface area contributed by atoms with E-state index in [0.29, 0.717) is 36.4 Å². The zero-order valence-electron chi connectivity index (χ0n) is 26.1. The number of aliphatic carboxylic acids is 1. The minimum atomic E-state index is -3.92. The van der Waals surface area contributed by atoms with E-state index in [9.17, 15) is 18.3 Å². The third kappa shape index (κ3) is 7.08. The predicted molar refractivity (Wildman–Crippen MR) is 174 cm³/mol. The highest BCUT2D eigenvalue weighted by molar-refractivity contribution is 7.89. The third-order valence-corrected chi connectivity index (χ3v) is 10.7. The minimum Gasteiger partial charge on any atom is -0.491 e. The van der Waals surface area contributed by atoms with Gasteiger partial charge in [0.05, 0.1) is 17.4 Å². The van der Waals surface area contributed by atoms with Gasteiger partial charge in [-0.15, -0.1) is 0 Å². The Hall–Kier alpha value is -3.74. The average Bonchev–Trinajstić information content (AvgIpc) is 3.84. The molecule has 3 aliphatic carbocycles. The number of carboxylic acid groups (broad SMARTS) is 1. The molecular formula is C36H42N2O6S. The van der Waals surface area contributed by atoms with Gasteiger partial charge >= 0.3 is 5.97 Å². The highest BCUT2D eigenvalue weighted by Crippen LogP contribution is 2.46. The second-order valence-electron chi connectivity index (χ2n) is 12.9. The van der Waals surface area contributed by atoms with Crippen molar-refractivity contribution in [2.75, 3.05) is 11.4 Å². The zero-order valence-corrected chi connectivity index (χ0v) is 26.9. The first-order chi connectivity index (χ1) is 21.6. The number of fused-ring (bicyclic) bond motifs is 1. The number of ether oxygens (including phenoxy) is 2. The van der Waals surface area contributed by atoms with E-state index in [0.717, 1.165) is 55.5 Å². The lowest BCUT2D eigenvalue weighted by Gasteiger charge is -2.34. The predicted octanol–water partition coefficient (Wildman–Crippen LogP) is 6.55. The van der Waals surface area contributed by atoms with Crippen LogP contribution in [0.25, 0.3) is 0 Å². The Bertz CT molecular complexity index is 1670.